The second-order valence-electron chi connectivity index (χ2n) is 5.49. The average Bonchev–Trinajstić information content (AvgIpc) is 2.72. The third-order valence-corrected chi connectivity index (χ3v) is 4.41. The fourth-order valence-electron chi connectivity index (χ4n) is 3.18. The number of hydrogen-bond acceptors (Lipinski definition) is 3. The summed E-state index contributed by atoms with van der Waals surface area (Å²) in [7, 11) is 0. The van der Waals surface area contributed by atoms with E-state index in [-0.39, 0.29) is 0 Å². The van der Waals surface area contributed by atoms with Gasteiger partial charge in [-0.25, -0.2) is 4.68 Å². The Kier molecular flexibility index (Phi) is 3.14. The van der Waals surface area contributed by atoms with E-state index in [9.17, 15) is 0 Å². The average molecular weight is 234 g/mol. The predicted molar refractivity (Wildman–Crippen MR) is 66.6 cm³/mol. The molecule has 2 saturated carbocycles. The molecule has 0 radical (unpaired) electrons. The molecule has 0 aromatic carbocycles. The largest absolute Gasteiger partial charge is 0.325 e. The molecule has 2 aliphatic rings. The summed E-state index contributed by atoms with van der Waals surface area (Å²) in [6, 6.07) is 0.590. The summed E-state index contributed by atoms with van der Waals surface area (Å²) < 4.78 is 2.23. The molecule has 0 saturated heterocycles. The second-order valence-corrected chi connectivity index (χ2v) is 5.49. The number of aromatic nitrogens is 3. The van der Waals surface area contributed by atoms with Crippen molar-refractivity contribution < 1.29 is 0 Å². The van der Waals surface area contributed by atoms with Crippen molar-refractivity contribution in [1.82, 2.24) is 15.0 Å². The van der Waals surface area contributed by atoms with Crippen molar-refractivity contribution >= 4 is 0 Å². The summed E-state index contributed by atoms with van der Waals surface area (Å²) in [6.07, 6.45) is 10.6. The van der Waals surface area contributed by atoms with E-state index in [1.807, 2.05) is 0 Å². The summed E-state index contributed by atoms with van der Waals surface area (Å²) in [5.41, 5.74) is 8.20. The Bertz CT molecular complexity index is 375. The highest BCUT2D eigenvalue weighted by Crippen LogP contribution is 2.40. The fourth-order valence-corrected chi connectivity index (χ4v) is 3.18. The van der Waals surface area contributed by atoms with Crippen LogP contribution in [0.3, 0.4) is 0 Å². The molecular weight excluding hydrogens is 212 g/mol. The van der Waals surface area contributed by atoms with E-state index >= 15 is 0 Å². The molecule has 0 aliphatic heterocycles. The van der Waals surface area contributed by atoms with Crippen LogP contribution in [0.15, 0.2) is 0 Å². The lowest BCUT2D eigenvalue weighted by Gasteiger charge is -2.30. The second kappa shape index (κ2) is 4.77. The van der Waals surface area contributed by atoms with Gasteiger partial charge in [0.25, 0.3) is 0 Å². The van der Waals surface area contributed by atoms with Crippen LogP contribution in [0.2, 0.25) is 0 Å². The van der Waals surface area contributed by atoms with Crippen molar-refractivity contribution in [2.45, 2.75) is 69.9 Å². The number of nitrogens with two attached hydrogens (primary N) is 1. The van der Waals surface area contributed by atoms with Gasteiger partial charge in [-0.05, 0) is 25.7 Å². The first-order valence-corrected chi connectivity index (χ1v) is 7.04. The molecule has 0 unspecified atom stereocenters. The molecule has 1 aromatic heterocycles. The van der Waals surface area contributed by atoms with Crippen LogP contribution in [0.5, 0.6) is 0 Å². The first-order chi connectivity index (χ1) is 8.40. The van der Waals surface area contributed by atoms with Crippen molar-refractivity contribution in [3.63, 3.8) is 0 Å². The molecule has 0 atom stereocenters. The Morgan fingerprint density at radius 2 is 1.82 bits per heavy atom. The van der Waals surface area contributed by atoms with Gasteiger partial charge < -0.3 is 5.73 Å². The third-order valence-electron chi connectivity index (χ3n) is 4.41. The van der Waals surface area contributed by atoms with Crippen molar-refractivity contribution in [1.29, 1.82) is 0 Å². The molecule has 0 bridgehead atoms. The smallest absolute Gasteiger partial charge is 0.0997 e. The molecule has 4 nitrogen and oxygen atoms in total. The summed E-state index contributed by atoms with van der Waals surface area (Å²) in [5, 5.41) is 8.70. The van der Waals surface area contributed by atoms with Gasteiger partial charge in [0.2, 0.25) is 0 Å². The molecule has 2 N–H and O–H groups in total. The molecule has 2 fully saturated rings. The number of nitrogens with zero attached hydrogens (tertiary/aromatic N) is 3. The van der Waals surface area contributed by atoms with Crippen molar-refractivity contribution in [2.75, 3.05) is 0 Å². The van der Waals surface area contributed by atoms with Crippen molar-refractivity contribution in [3.05, 3.63) is 11.4 Å². The van der Waals surface area contributed by atoms with Crippen molar-refractivity contribution in [2.24, 2.45) is 5.73 Å². The van der Waals surface area contributed by atoms with Crippen LogP contribution < -0.4 is 5.73 Å². The van der Waals surface area contributed by atoms with E-state index in [4.69, 9.17) is 5.73 Å². The van der Waals surface area contributed by atoms with E-state index in [0.29, 0.717) is 18.5 Å². The molecule has 4 heteroatoms. The van der Waals surface area contributed by atoms with Gasteiger partial charge in [0, 0.05) is 12.5 Å². The Balaban J connectivity index is 1.89. The normalized spacial score (nSPS) is 22.6. The molecule has 1 heterocycles. The minimum Gasteiger partial charge on any atom is -0.325 e. The highest BCUT2D eigenvalue weighted by molar-refractivity contribution is 5.18. The molecule has 1 aromatic rings. The maximum Gasteiger partial charge on any atom is 0.0997 e. The third kappa shape index (κ3) is 1.99. The standard InChI is InChI=1S/C13H22N4/c14-9-12-13(10-5-4-6-10)17(16-15-12)11-7-2-1-3-8-11/h10-11H,1-9,14H2. The Hall–Kier alpha value is -0.900. The Morgan fingerprint density at radius 1 is 1.06 bits per heavy atom. The molecule has 17 heavy (non-hydrogen) atoms. The topological polar surface area (TPSA) is 56.7 Å². The van der Waals surface area contributed by atoms with Gasteiger partial charge in [-0.1, -0.05) is 30.9 Å². The van der Waals surface area contributed by atoms with Gasteiger partial charge in [-0.2, -0.15) is 0 Å². The van der Waals surface area contributed by atoms with E-state index in [1.165, 1.54) is 57.1 Å². The van der Waals surface area contributed by atoms with Gasteiger partial charge in [0.15, 0.2) is 0 Å². The summed E-state index contributed by atoms with van der Waals surface area (Å²) in [5.74, 6) is 0.686. The quantitative estimate of drug-likeness (QED) is 0.874. The molecule has 0 amide bonds. The summed E-state index contributed by atoms with van der Waals surface area (Å²) >= 11 is 0. The lowest BCUT2D eigenvalue weighted by atomic mass is 9.81. The Labute approximate surface area is 103 Å². The monoisotopic (exact) mass is 234 g/mol. The SMILES string of the molecule is NCc1nnn(C2CCCCC2)c1C1CCC1. The maximum atomic E-state index is 5.79. The minimum absolute atomic E-state index is 0.540. The number of rotatable bonds is 3. The van der Waals surface area contributed by atoms with Gasteiger partial charge in [0.05, 0.1) is 17.4 Å². The lowest BCUT2D eigenvalue weighted by molar-refractivity contribution is 0.296. The van der Waals surface area contributed by atoms with Crippen LogP contribution >= 0.6 is 0 Å². The van der Waals surface area contributed by atoms with E-state index < -0.39 is 0 Å². The molecule has 0 spiro atoms. The van der Waals surface area contributed by atoms with E-state index in [2.05, 4.69) is 15.0 Å². The Morgan fingerprint density at radius 3 is 2.41 bits per heavy atom. The lowest BCUT2D eigenvalue weighted by Crippen LogP contribution is -2.22. The highest BCUT2D eigenvalue weighted by atomic mass is 15.4. The zero-order valence-electron chi connectivity index (χ0n) is 10.4. The van der Waals surface area contributed by atoms with Crippen LogP contribution in [0.4, 0.5) is 0 Å². The molecular formula is C13H22N4. The zero-order valence-corrected chi connectivity index (χ0v) is 10.4. The molecule has 2 aliphatic carbocycles. The fraction of sp³-hybridized carbons (Fsp3) is 0.846. The number of hydrogen-bond donors (Lipinski definition) is 1. The maximum absolute atomic E-state index is 5.79. The van der Waals surface area contributed by atoms with Gasteiger partial charge in [0.1, 0.15) is 0 Å². The summed E-state index contributed by atoms with van der Waals surface area (Å²) in [4.78, 5) is 0. The van der Waals surface area contributed by atoms with Gasteiger partial charge in [-0.3, -0.25) is 0 Å². The van der Waals surface area contributed by atoms with E-state index in [1.54, 1.807) is 0 Å². The van der Waals surface area contributed by atoms with Crippen LogP contribution in [0, 0.1) is 0 Å². The van der Waals surface area contributed by atoms with Gasteiger partial charge in [-0.15, -0.1) is 5.10 Å². The highest BCUT2D eigenvalue weighted by Gasteiger charge is 2.30. The zero-order chi connectivity index (χ0) is 11.7. The summed E-state index contributed by atoms with van der Waals surface area (Å²) in [6.45, 7) is 0.540. The first kappa shape index (κ1) is 11.2. The van der Waals surface area contributed by atoms with Crippen LogP contribution in [-0.4, -0.2) is 15.0 Å². The first-order valence-electron chi connectivity index (χ1n) is 7.04. The van der Waals surface area contributed by atoms with Crippen LogP contribution in [0.1, 0.15) is 74.7 Å². The van der Waals surface area contributed by atoms with Crippen LogP contribution in [0.25, 0.3) is 0 Å². The molecule has 3 rings (SSSR count). The molecule has 94 valence electrons. The predicted octanol–water partition coefficient (Wildman–Crippen LogP) is 2.51. The van der Waals surface area contributed by atoms with E-state index in [0.717, 1.165) is 5.69 Å². The minimum atomic E-state index is 0.540. The van der Waals surface area contributed by atoms with Crippen LogP contribution in [-0.2, 0) is 6.54 Å². The van der Waals surface area contributed by atoms with Gasteiger partial charge >= 0.3 is 0 Å². The van der Waals surface area contributed by atoms with Crippen molar-refractivity contribution in [3.8, 4) is 0 Å².